The van der Waals surface area contributed by atoms with Gasteiger partial charge in [0.2, 0.25) is 0 Å². The Morgan fingerprint density at radius 3 is 2.69 bits per heavy atom. The molecule has 1 aromatic heterocycles. The quantitative estimate of drug-likeness (QED) is 0.710. The van der Waals surface area contributed by atoms with Gasteiger partial charge in [-0.05, 0) is 12.8 Å². The molecule has 13 heavy (non-hydrogen) atoms. The summed E-state index contributed by atoms with van der Waals surface area (Å²) in [5.41, 5.74) is 0.728. The summed E-state index contributed by atoms with van der Waals surface area (Å²) in [7, 11) is -3.84. The molecule has 0 saturated carbocycles. The van der Waals surface area contributed by atoms with Crippen molar-refractivity contribution in [2.75, 3.05) is 5.75 Å². The van der Waals surface area contributed by atoms with Gasteiger partial charge in [-0.3, -0.25) is 14.5 Å². The third-order valence-corrected chi connectivity index (χ3v) is 2.26. The van der Waals surface area contributed by atoms with Crippen molar-refractivity contribution < 1.29 is 13.0 Å². The van der Waals surface area contributed by atoms with Crippen molar-refractivity contribution in [3.05, 3.63) is 24.3 Å². The predicted molar refractivity (Wildman–Crippen MR) is 46.8 cm³/mol. The van der Waals surface area contributed by atoms with Crippen LogP contribution in [0.2, 0.25) is 0 Å². The van der Waals surface area contributed by atoms with E-state index in [1.54, 1.807) is 18.6 Å². The van der Waals surface area contributed by atoms with E-state index >= 15 is 0 Å². The highest BCUT2D eigenvalue weighted by Crippen LogP contribution is 1.98. The molecule has 0 fully saturated rings. The Hall–Kier alpha value is -1.01. The van der Waals surface area contributed by atoms with Crippen molar-refractivity contribution in [3.63, 3.8) is 0 Å². The molecule has 6 heteroatoms. The van der Waals surface area contributed by atoms with Gasteiger partial charge < -0.3 is 0 Å². The first-order chi connectivity index (χ1) is 6.08. The van der Waals surface area contributed by atoms with Crippen molar-refractivity contribution in [2.45, 2.75) is 12.8 Å². The molecule has 0 bridgehead atoms. The lowest BCUT2D eigenvalue weighted by atomic mass is 10.3. The Morgan fingerprint density at radius 2 is 2.15 bits per heavy atom. The maximum atomic E-state index is 10.3. The fraction of sp³-hybridized carbons (Fsp3) is 0.429. The molecule has 0 aliphatic heterocycles. The maximum Gasteiger partial charge on any atom is 0.264 e. The van der Waals surface area contributed by atoms with Crippen LogP contribution in [0.15, 0.2) is 18.6 Å². The average Bonchev–Trinajstić information content (AvgIpc) is 2.04. The topological polar surface area (TPSA) is 80.2 Å². The number of aromatic nitrogens is 2. The van der Waals surface area contributed by atoms with Gasteiger partial charge in [0.05, 0.1) is 11.4 Å². The smallest absolute Gasteiger partial charge is 0.264 e. The summed E-state index contributed by atoms with van der Waals surface area (Å²) in [5, 5.41) is 0. The van der Waals surface area contributed by atoms with E-state index in [4.69, 9.17) is 4.55 Å². The monoisotopic (exact) mass is 202 g/mol. The van der Waals surface area contributed by atoms with Crippen molar-refractivity contribution >= 4 is 10.1 Å². The van der Waals surface area contributed by atoms with E-state index in [-0.39, 0.29) is 5.75 Å². The van der Waals surface area contributed by atoms with Gasteiger partial charge in [0, 0.05) is 18.6 Å². The second-order valence-corrected chi connectivity index (χ2v) is 4.16. The SMILES string of the molecule is O=S(=O)(O)CCCc1cnccn1. The first-order valence-corrected chi connectivity index (χ1v) is 5.39. The van der Waals surface area contributed by atoms with E-state index in [0.29, 0.717) is 12.8 Å². The molecule has 0 atom stereocenters. The normalized spacial score (nSPS) is 11.5. The average molecular weight is 202 g/mol. The second kappa shape index (κ2) is 4.29. The fourth-order valence-electron chi connectivity index (χ4n) is 0.895. The van der Waals surface area contributed by atoms with Gasteiger partial charge in [0.25, 0.3) is 10.1 Å². The van der Waals surface area contributed by atoms with Crippen LogP contribution in [0.5, 0.6) is 0 Å². The molecule has 0 saturated heterocycles. The van der Waals surface area contributed by atoms with E-state index < -0.39 is 10.1 Å². The molecule has 5 nitrogen and oxygen atoms in total. The van der Waals surface area contributed by atoms with Gasteiger partial charge >= 0.3 is 0 Å². The Labute approximate surface area is 76.6 Å². The van der Waals surface area contributed by atoms with Gasteiger partial charge in [-0.1, -0.05) is 0 Å². The summed E-state index contributed by atoms with van der Waals surface area (Å²) < 4.78 is 29.1. The zero-order valence-electron chi connectivity index (χ0n) is 6.92. The van der Waals surface area contributed by atoms with Crippen molar-refractivity contribution in [1.29, 1.82) is 0 Å². The van der Waals surface area contributed by atoms with E-state index in [1.807, 2.05) is 0 Å². The van der Waals surface area contributed by atoms with E-state index in [0.717, 1.165) is 5.69 Å². The molecule has 1 aromatic rings. The van der Waals surface area contributed by atoms with Crippen LogP contribution in [0.1, 0.15) is 12.1 Å². The zero-order valence-corrected chi connectivity index (χ0v) is 7.74. The summed E-state index contributed by atoms with van der Waals surface area (Å²) in [5.74, 6) is -0.233. The van der Waals surface area contributed by atoms with E-state index in [9.17, 15) is 8.42 Å². The first-order valence-electron chi connectivity index (χ1n) is 3.78. The lowest BCUT2D eigenvalue weighted by Gasteiger charge is -1.97. The molecule has 72 valence electrons. The van der Waals surface area contributed by atoms with Crippen LogP contribution < -0.4 is 0 Å². The molecule has 0 aromatic carbocycles. The number of hydrogen-bond donors (Lipinski definition) is 1. The Kier molecular flexibility index (Phi) is 3.32. The minimum Gasteiger partial charge on any atom is -0.286 e. The minimum atomic E-state index is -3.84. The van der Waals surface area contributed by atoms with E-state index in [1.165, 1.54) is 0 Å². The maximum absolute atomic E-state index is 10.3. The molecule has 0 aliphatic rings. The van der Waals surface area contributed by atoms with Crippen molar-refractivity contribution in [1.82, 2.24) is 9.97 Å². The minimum absolute atomic E-state index is 0.233. The Bertz CT molecular complexity index is 349. The van der Waals surface area contributed by atoms with Crippen LogP contribution in [0.25, 0.3) is 0 Å². The van der Waals surface area contributed by atoms with Crippen molar-refractivity contribution in [2.24, 2.45) is 0 Å². The van der Waals surface area contributed by atoms with Gasteiger partial charge in [-0.15, -0.1) is 0 Å². The summed E-state index contributed by atoms with van der Waals surface area (Å²) in [4.78, 5) is 7.78. The van der Waals surface area contributed by atoms with Crippen molar-refractivity contribution in [3.8, 4) is 0 Å². The summed E-state index contributed by atoms with van der Waals surface area (Å²) in [6, 6.07) is 0. The van der Waals surface area contributed by atoms with Crippen LogP contribution in [0.3, 0.4) is 0 Å². The third kappa shape index (κ3) is 4.54. The molecule has 0 amide bonds. The molecule has 1 N–H and O–H groups in total. The molecule has 0 radical (unpaired) electrons. The highest BCUT2D eigenvalue weighted by Gasteiger charge is 2.04. The molecule has 1 rings (SSSR count). The van der Waals surface area contributed by atoms with Crippen LogP contribution in [0, 0.1) is 0 Å². The molecule has 0 unspecified atom stereocenters. The number of hydrogen-bond acceptors (Lipinski definition) is 4. The Morgan fingerprint density at radius 1 is 1.38 bits per heavy atom. The summed E-state index contributed by atoms with van der Waals surface area (Å²) in [6.45, 7) is 0. The van der Waals surface area contributed by atoms with Crippen LogP contribution in [-0.2, 0) is 16.5 Å². The van der Waals surface area contributed by atoms with Gasteiger partial charge in [0.15, 0.2) is 0 Å². The molecule has 0 spiro atoms. The summed E-state index contributed by atoms with van der Waals surface area (Å²) >= 11 is 0. The highest BCUT2D eigenvalue weighted by molar-refractivity contribution is 7.85. The number of nitrogens with zero attached hydrogens (tertiary/aromatic N) is 2. The number of rotatable bonds is 4. The lowest BCUT2D eigenvalue weighted by Crippen LogP contribution is -2.05. The highest BCUT2D eigenvalue weighted by atomic mass is 32.2. The third-order valence-electron chi connectivity index (χ3n) is 1.45. The molecule has 0 aliphatic carbocycles. The molecular formula is C7H10N2O3S. The van der Waals surface area contributed by atoms with Crippen LogP contribution in [0.4, 0.5) is 0 Å². The van der Waals surface area contributed by atoms with Gasteiger partial charge in [-0.2, -0.15) is 8.42 Å². The second-order valence-electron chi connectivity index (χ2n) is 2.59. The van der Waals surface area contributed by atoms with Crippen LogP contribution in [-0.4, -0.2) is 28.7 Å². The lowest BCUT2D eigenvalue weighted by molar-refractivity contribution is 0.481. The molecular weight excluding hydrogens is 192 g/mol. The molecule has 1 heterocycles. The number of aryl methyl sites for hydroxylation is 1. The predicted octanol–water partition coefficient (Wildman–Crippen LogP) is 0.297. The Balaban J connectivity index is 2.37. The van der Waals surface area contributed by atoms with Gasteiger partial charge in [0.1, 0.15) is 0 Å². The first kappa shape index (κ1) is 10.1. The standard InChI is InChI=1S/C7H10N2O3S/c10-13(11,12)5-1-2-7-6-8-3-4-9-7/h3-4,6H,1-2,5H2,(H,10,11,12). The van der Waals surface area contributed by atoms with Crippen LogP contribution >= 0.6 is 0 Å². The largest absolute Gasteiger partial charge is 0.286 e. The fourth-order valence-corrected chi connectivity index (χ4v) is 1.40. The zero-order chi connectivity index (χ0) is 9.73. The van der Waals surface area contributed by atoms with Gasteiger partial charge in [-0.25, -0.2) is 0 Å². The summed E-state index contributed by atoms with van der Waals surface area (Å²) in [6.07, 6.45) is 5.53. The van der Waals surface area contributed by atoms with E-state index in [2.05, 4.69) is 9.97 Å².